The minimum Gasteiger partial charge on any atom is -0.504 e. The molecule has 1 saturated heterocycles. The Balaban J connectivity index is 1.90. The average Bonchev–Trinajstić information content (AvgIpc) is 2.99. The maximum Gasteiger partial charge on any atom is 0.272 e. The normalized spacial score (nSPS) is 25.4. The van der Waals surface area contributed by atoms with Crippen LogP contribution in [0.15, 0.2) is 36.4 Å². The van der Waals surface area contributed by atoms with E-state index in [1.165, 1.54) is 0 Å². The molecule has 0 radical (unpaired) electrons. The Kier molecular flexibility index (Phi) is 7.93. The number of phenolic OH excluding ortho intramolecular Hbond substituents is 9. The van der Waals surface area contributed by atoms with E-state index in [9.17, 15) is 85.9 Å². The van der Waals surface area contributed by atoms with Crippen LogP contribution in [0.2, 0.25) is 0 Å². The summed E-state index contributed by atoms with van der Waals surface area (Å²) in [4.78, 5) is 40.3. The lowest BCUT2D eigenvalue weighted by Gasteiger charge is -2.51. The predicted octanol–water partition coefficient (Wildman–Crippen LogP) is -2.11. The molecule has 4 rings (SSSR count). The average molecular weight is 636 g/mol. The molecule has 1 aliphatic rings. The third-order valence-electron chi connectivity index (χ3n) is 7.16. The highest BCUT2D eigenvalue weighted by Crippen LogP contribution is 2.46. The number of phenols is 9. The number of aliphatic hydroxyl groups is 5. The molecule has 1 aliphatic heterocycles. The summed E-state index contributed by atoms with van der Waals surface area (Å²) in [7, 11) is 0. The lowest BCUT2D eigenvalue weighted by atomic mass is 9.71. The molecule has 6 atom stereocenters. The summed E-state index contributed by atoms with van der Waals surface area (Å²) in [6.45, 7) is 0. The van der Waals surface area contributed by atoms with Crippen LogP contribution in [0.5, 0.6) is 51.7 Å². The SMILES string of the molecule is O=C(c1cc(O)c(O)c(O)c1)C(O)[C@H]1O[C@](O)(C(=O)c2cc(O)c(O)c(O)c2)[C@@](O)(C(=O)c2cc(O)c(O)c(O)c2)[C@@H](O)[C@@H]1O. The summed E-state index contributed by atoms with van der Waals surface area (Å²) in [5.41, 5.74) is -6.95. The molecule has 240 valence electrons. The Morgan fingerprint density at radius 2 is 0.933 bits per heavy atom. The lowest BCUT2D eigenvalue weighted by molar-refractivity contribution is -0.349. The fourth-order valence-electron chi connectivity index (χ4n) is 4.70. The Morgan fingerprint density at radius 1 is 0.600 bits per heavy atom. The van der Waals surface area contributed by atoms with Crippen LogP contribution in [0, 0.1) is 0 Å². The van der Waals surface area contributed by atoms with E-state index in [0.717, 1.165) is 0 Å². The van der Waals surface area contributed by atoms with Gasteiger partial charge in [0.2, 0.25) is 17.2 Å². The summed E-state index contributed by atoms with van der Waals surface area (Å²) >= 11 is 0. The summed E-state index contributed by atoms with van der Waals surface area (Å²) in [5, 5.41) is 144. The first-order chi connectivity index (χ1) is 20.8. The highest BCUT2D eigenvalue weighted by atomic mass is 16.7. The third-order valence-corrected chi connectivity index (χ3v) is 7.16. The van der Waals surface area contributed by atoms with Gasteiger partial charge in [0, 0.05) is 16.7 Å². The largest absolute Gasteiger partial charge is 0.504 e. The van der Waals surface area contributed by atoms with Crippen LogP contribution in [0.4, 0.5) is 0 Å². The summed E-state index contributed by atoms with van der Waals surface area (Å²) in [6.07, 6.45) is -11.3. The van der Waals surface area contributed by atoms with Gasteiger partial charge >= 0.3 is 0 Å². The van der Waals surface area contributed by atoms with Gasteiger partial charge in [0.05, 0.1) is 0 Å². The van der Waals surface area contributed by atoms with E-state index >= 15 is 0 Å². The highest BCUT2D eigenvalue weighted by molar-refractivity contribution is 6.12. The Bertz CT molecular complexity index is 1660. The van der Waals surface area contributed by atoms with Gasteiger partial charge in [-0.2, -0.15) is 0 Å². The molecule has 0 spiro atoms. The summed E-state index contributed by atoms with van der Waals surface area (Å²) < 4.78 is 5.09. The molecule has 0 saturated carbocycles. The van der Waals surface area contributed by atoms with Crippen LogP contribution < -0.4 is 0 Å². The fraction of sp³-hybridized carbons (Fsp3) is 0.222. The van der Waals surface area contributed by atoms with Gasteiger partial charge in [-0.25, -0.2) is 0 Å². The van der Waals surface area contributed by atoms with Crippen LogP contribution in [-0.2, 0) is 4.74 Å². The number of rotatable bonds is 7. The lowest BCUT2D eigenvalue weighted by Crippen LogP contribution is -2.79. The molecule has 1 heterocycles. The van der Waals surface area contributed by atoms with Crippen LogP contribution in [0.3, 0.4) is 0 Å². The zero-order valence-electron chi connectivity index (χ0n) is 22.2. The van der Waals surface area contributed by atoms with Crippen molar-refractivity contribution < 1.29 is 90.6 Å². The van der Waals surface area contributed by atoms with Crippen molar-refractivity contribution in [2.24, 2.45) is 0 Å². The van der Waals surface area contributed by atoms with E-state index in [2.05, 4.69) is 0 Å². The Morgan fingerprint density at radius 3 is 1.31 bits per heavy atom. The molecule has 14 N–H and O–H groups in total. The van der Waals surface area contributed by atoms with Crippen LogP contribution >= 0.6 is 0 Å². The number of Topliss-reactive ketones (excluding diaryl/α,β-unsaturated/α-hetero) is 3. The van der Waals surface area contributed by atoms with E-state index in [0.29, 0.717) is 36.4 Å². The Hall–Kier alpha value is -5.37. The number of aromatic hydroxyl groups is 9. The second-order valence-electron chi connectivity index (χ2n) is 9.98. The van der Waals surface area contributed by atoms with Gasteiger partial charge in [-0.1, -0.05) is 0 Å². The summed E-state index contributed by atoms with van der Waals surface area (Å²) in [6, 6.07) is 2.64. The van der Waals surface area contributed by atoms with Gasteiger partial charge in [0.15, 0.2) is 57.5 Å². The molecule has 0 amide bonds. The van der Waals surface area contributed by atoms with Crippen molar-refractivity contribution in [2.75, 3.05) is 0 Å². The van der Waals surface area contributed by atoms with Crippen molar-refractivity contribution in [3.8, 4) is 51.7 Å². The number of ketones is 3. The molecule has 1 fully saturated rings. The number of hydrogen-bond acceptors (Lipinski definition) is 18. The minimum absolute atomic E-state index is 0.387. The molecule has 3 aromatic carbocycles. The molecule has 45 heavy (non-hydrogen) atoms. The summed E-state index contributed by atoms with van der Waals surface area (Å²) in [5.74, 6) is -20.1. The van der Waals surface area contributed by atoms with E-state index < -0.39 is 122 Å². The molecule has 0 bridgehead atoms. The number of carbonyl (C=O) groups excluding carboxylic acids is 3. The van der Waals surface area contributed by atoms with E-state index in [4.69, 9.17) is 4.74 Å². The van der Waals surface area contributed by atoms with Crippen molar-refractivity contribution in [3.05, 3.63) is 53.1 Å². The number of benzene rings is 3. The molecular formula is C27H24O18. The quantitative estimate of drug-likeness (QED) is 0.0973. The molecule has 18 nitrogen and oxygen atoms in total. The monoisotopic (exact) mass is 636 g/mol. The zero-order valence-corrected chi connectivity index (χ0v) is 22.2. The first-order valence-electron chi connectivity index (χ1n) is 12.3. The Labute approximate surface area is 249 Å². The van der Waals surface area contributed by atoms with Gasteiger partial charge in [-0.05, 0) is 36.4 Å². The first kappa shape index (κ1) is 32.5. The van der Waals surface area contributed by atoms with Crippen molar-refractivity contribution in [1.29, 1.82) is 0 Å². The molecule has 1 unspecified atom stereocenters. The highest BCUT2D eigenvalue weighted by Gasteiger charge is 2.72. The van der Waals surface area contributed by atoms with Crippen molar-refractivity contribution in [2.45, 2.75) is 35.8 Å². The van der Waals surface area contributed by atoms with Crippen LogP contribution in [-0.4, -0.2) is 125 Å². The van der Waals surface area contributed by atoms with E-state index in [1.54, 1.807) is 0 Å². The van der Waals surface area contributed by atoms with E-state index in [-0.39, 0.29) is 0 Å². The maximum absolute atomic E-state index is 13.7. The molecule has 0 aromatic heterocycles. The first-order valence-corrected chi connectivity index (χ1v) is 12.3. The molecule has 3 aromatic rings. The van der Waals surface area contributed by atoms with Crippen LogP contribution in [0.25, 0.3) is 0 Å². The number of hydrogen-bond donors (Lipinski definition) is 14. The zero-order chi connectivity index (χ0) is 33.9. The molecular weight excluding hydrogens is 612 g/mol. The predicted molar refractivity (Wildman–Crippen MR) is 140 cm³/mol. The van der Waals surface area contributed by atoms with Crippen molar-refractivity contribution >= 4 is 17.3 Å². The van der Waals surface area contributed by atoms with Gasteiger partial charge in [0.1, 0.15) is 24.4 Å². The second-order valence-corrected chi connectivity index (χ2v) is 9.98. The topological polar surface area (TPSA) is 344 Å². The van der Waals surface area contributed by atoms with Gasteiger partial charge in [-0.15, -0.1) is 0 Å². The number of ether oxygens (including phenoxy) is 1. The fourth-order valence-corrected chi connectivity index (χ4v) is 4.70. The number of aliphatic hydroxyl groups excluding tert-OH is 3. The maximum atomic E-state index is 13.7. The smallest absolute Gasteiger partial charge is 0.272 e. The van der Waals surface area contributed by atoms with Gasteiger partial charge in [-0.3, -0.25) is 14.4 Å². The standard InChI is InChI=1S/C27H24O18/c28-10-1-7(2-11(29)17(10)35)16(34)20(38)22-21(39)25(42)26(43,23(40)8-3-12(30)18(36)13(31)4-8)27(44,45-22)24(41)9-5-14(32)19(37)15(33)6-9/h1-6,20-22,25,28-33,35-39,42-44H/t20?,21-,22-,25+,26-,27-/m1/s1. The number of carbonyl (C=O) groups is 3. The molecule has 0 aliphatic carbocycles. The minimum atomic E-state index is -4.22. The second kappa shape index (κ2) is 11.0. The van der Waals surface area contributed by atoms with Crippen molar-refractivity contribution in [1.82, 2.24) is 0 Å². The van der Waals surface area contributed by atoms with E-state index in [1.807, 2.05) is 0 Å². The van der Waals surface area contributed by atoms with Crippen LogP contribution in [0.1, 0.15) is 31.1 Å². The van der Waals surface area contributed by atoms with Crippen molar-refractivity contribution in [3.63, 3.8) is 0 Å². The molecule has 18 heteroatoms. The van der Waals surface area contributed by atoms with Gasteiger partial charge in [0.25, 0.3) is 5.79 Å². The van der Waals surface area contributed by atoms with Gasteiger partial charge < -0.3 is 76.2 Å². The third kappa shape index (κ3) is 4.92.